The van der Waals surface area contributed by atoms with Crippen molar-refractivity contribution in [2.45, 2.75) is 13.0 Å². The van der Waals surface area contributed by atoms with Crippen molar-refractivity contribution in [3.63, 3.8) is 0 Å². The van der Waals surface area contributed by atoms with E-state index in [2.05, 4.69) is 5.32 Å². The van der Waals surface area contributed by atoms with Crippen LogP contribution in [0, 0.1) is 0 Å². The zero-order chi connectivity index (χ0) is 26.9. The lowest BCUT2D eigenvalue weighted by atomic mass is 9.96. The third-order valence-corrected chi connectivity index (χ3v) is 6.34. The molecule has 8 nitrogen and oxygen atoms in total. The van der Waals surface area contributed by atoms with Crippen LogP contribution in [-0.2, 0) is 16.6 Å². The molecule has 188 valence electrons. The van der Waals surface area contributed by atoms with Gasteiger partial charge in [-0.3, -0.25) is 9.59 Å². The lowest BCUT2D eigenvalue weighted by molar-refractivity contribution is -0.123. The first-order valence-corrected chi connectivity index (χ1v) is 11.8. The number of hydrogen-bond donors (Lipinski definition) is 2. The quantitative estimate of drug-likeness (QED) is 0.318. The summed E-state index contributed by atoms with van der Waals surface area (Å²) in [6, 6.07) is 17.5. The highest BCUT2D eigenvalue weighted by molar-refractivity contribution is 6.34. The third kappa shape index (κ3) is 5.21. The number of ether oxygens (including phenoxy) is 1. The molecule has 4 aromatic rings. The van der Waals surface area contributed by atoms with Crippen LogP contribution in [0.3, 0.4) is 0 Å². The van der Waals surface area contributed by atoms with Crippen molar-refractivity contribution in [1.82, 2.24) is 4.57 Å². The molecule has 4 rings (SSSR count). The topological polar surface area (TPSA) is 115 Å². The number of carbonyl (C=O) groups excluding carboxylic acids is 2. The Morgan fingerprint density at radius 3 is 2.27 bits per heavy atom. The van der Waals surface area contributed by atoms with E-state index in [9.17, 15) is 24.3 Å². The minimum absolute atomic E-state index is 0.0448. The minimum Gasteiger partial charge on any atom is -0.478 e. The second kappa shape index (κ2) is 10.5. The minimum atomic E-state index is -1.31. The molecule has 1 amide bonds. The summed E-state index contributed by atoms with van der Waals surface area (Å²) in [5, 5.41) is 13.2. The van der Waals surface area contributed by atoms with Crippen molar-refractivity contribution in [2.24, 2.45) is 7.05 Å². The van der Waals surface area contributed by atoms with Gasteiger partial charge in [-0.1, -0.05) is 53.5 Å². The molecule has 1 aromatic heterocycles. The first-order valence-electron chi connectivity index (χ1n) is 11.0. The molecule has 2 N–H and O–H groups in total. The first-order chi connectivity index (χ1) is 17.6. The van der Waals surface area contributed by atoms with E-state index >= 15 is 0 Å². The number of pyridine rings is 1. The Morgan fingerprint density at radius 1 is 0.973 bits per heavy atom. The van der Waals surface area contributed by atoms with Crippen LogP contribution < -0.4 is 10.9 Å². The summed E-state index contributed by atoms with van der Waals surface area (Å²) in [5.41, 5.74) is 0.588. The fourth-order valence-electron chi connectivity index (χ4n) is 3.87. The standard InChI is InChI=1S/C27H20Cl2N2O6/c1-14(24(32)30-21-13-16(26(34)35)9-12-20(21)29)37-27(36)23-22(15-7-10-17(28)11-8-15)18-5-3-4-6-19(18)25(33)31(23)2/h3-14H,1-2H3,(H,30,32)(H,34,35). The Hall–Kier alpha value is -4.14. The molecule has 0 saturated carbocycles. The van der Waals surface area contributed by atoms with Gasteiger partial charge in [0.05, 0.1) is 16.3 Å². The molecule has 0 saturated heterocycles. The summed E-state index contributed by atoms with van der Waals surface area (Å²) in [5.74, 6) is -2.83. The normalized spacial score (nSPS) is 11.7. The number of amides is 1. The van der Waals surface area contributed by atoms with E-state index in [4.69, 9.17) is 27.9 Å². The molecule has 1 unspecified atom stereocenters. The number of nitrogens with zero attached hydrogens (tertiary/aromatic N) is 1. The van der Waals surface area contributed by atoms with Gasteiger partial charge in [-0.05, 0) is 54.3 Å². The highest BCUT2D eigenvalue weighted by atomic mass is 35.5. The van der Waals surface area contributed by atoms with Crippen LogP contribution in [0.5, 0.6) is 0 Å². The highest BCUT2D eigenvalue weighted by Crippen LogP contribution is 2.32. The van der Waals surface area contributed by atoms with Gasteiger partial charge in [0.25, 0.3) is 11.5 Å². The number of carboxylic acids is 1. The number of esters is 1. The molecule has 1 heterocycles. The fraction of sp³-hybridized carbons (Fsp3) is 0.111. The Kier molecular flexibility index (Phi) is 7.33. The Morgan fingerprint density at radius 2 is 1.62 bits per heavy atom. The fourth-order valence-corrected chi connectivity index (χ4v) is 4.16. The zero-order valence-electron chi connectivity index (χ0n) is 19.6. The monoisotopic (exact) mass is 538 g/mol. The molecule has 0 bridgehead atoms. The van der Waals surface area contributed by atoms with Crippen molar-refractivity contribution >= 4 is 57.5 Å². The van der Waals surface area contributed by atoms with Gasteiger partial charge >= 0.3 is 11.9 Å². The number of anilines is 1. The van der Waals surface area contributed by atoms with Gasteiger partial charge in [-0.2, -0.15) is 0 Å². The maximum atomic E-state index is 13.4. The number of hydrogen-bond acceptors (Lipinski definition) is 5. The van der Waals surface area contributed by atoms with Gasteiger partial charge in [0.1, 0.15) is 5.69 Å². The lowest BCUT2D eigenvalue weighted by Crippen LogP contribution is -2.33. The van der Waals surface area contributed by atoms with Gasteiger partial charge < -0.3 is 19.7 Å². The van der Waals surface area contributed by atoms with Crippen LogP contribution in [0.15, 0.2) is 71.5 Å². The predicted molar refractivity (Wildman–Crippen MR) is 142 cm³/mol. The van der Waals surface area contributed by atoms with Crippen LogP contribution in [0.4, 0.5) is 5.69 Å². The maximum Gasteiger partial charge on any atom is 0.356 e. The second-order valence-corrected chi connectivity index (χ2v) is 9.02. The molecule has 10 heteroatoms. The molecule has 0 radical (unpaired) electrons. The van der Waals surface area contributed by atoms with Gasteiger partial charge in [-0.25, -0.2) is 9.59 Å². The molecular formula is C27H20Cl2N2O6. The molecule has 0 fully saturated rings. The van der Waals surface area contributed by atoms with Crippen LogP contribution in [0.1, 0.15) is 27.8 Å². The van der Waals surface area contributed by atoms with Crippen molar-refractivity contribution in [1.29, 1.82) is 0 Å². The SMILES string of the molecule is CC(OC(=O)c1c(-c2ccc(Cl)cc2)c2ccccc2c(=O)n1C)C(=O)Nc1cc(C(=O)O)ccc1Cl. The summed E-state index contributed by atoms with van der Waals surface area (Å²) < 4.78 is 6.65. The molecule has 0 aliphatic carbocycles. The van der Waals surface area contributed by atoms with Crippen molar-refractivity contribution in [3.05, 3.63) is 98.4 Å². The second-order valence-electron chi connectivity index (χ2n) is 8.18. The highest BCUT2D eigenvalue weighted by Gasteiger charge is 2.27. The van der Waals surface area contributed by atoms with E-state index in [-0.39, 0.29) is 22.0 Å². The first kappa shape index (κ1) is 25.9. The van der Waals surface area contributed by atoms with Crippen molar-refractivity contribution in [2.75, 3.05) is 5.32 Å². The largest absolute Gasteiger partial charge is 0.478 e. The van der Waals surface area contributed by atoms with E-state index in [0.717, 1.165) is 0 Å². The number of rotatable bonds is 6. The van der Waals surface area contributed by atoms with Crippen molar-refractivity contribution in [3.8, 4) is 11.1 Å². The zero-order valence-corrected chi connectivity index (χ0v) is 21.1. The summed E-state index contributed by atoms with van der Waals surface area (Å²) in [6.07, 6.45) is -1.31. The number of benzene rings is 3. The average Bonchev–Trinajstić information content (AvgIpc) is 2.87. The molecule has 3 aromatic carbocycles. The average molecular weight is 539 g/mol. The predicted octanol–water partition coefficient (Wildman–Crippen LogP) is 5.39. The number of nitrogens with one attached hydrogen (secondary N) is 1. The Labute approximate surface area is 221 Å². The maximum absolute atomic E-state index is 13.4. The number of halogens is 2. The number of carbonyl (C=O) groups is 3. The van der Waals surface area contributed by atoms with Crippen LogP contribution in [-0.4, -0.2) is 33.6 Å². The molecule has 37 heavy (non-hydrogen) atoms. The van der Waals surface area contributed by atoms with Gasteiger partial charge in [0.15, 0.2) is 6.10 Å². The van der Waals surface area contributed by atoms with E-state index in [0.29, 0.717) is 26.9 Å². The van der Waals surface area contributed by atoms with Crippen LogP contribution in [0.2, 0.25) is 10.0 Å². The van der Waals surface area contributed by atoms with E-state index in [1.54, 1.807) is 48.5 Å². The van der Waals surface area contributed by atoms with Gasteiger partial charge in [0.2, 0.25) is 0 Å². The smallest absolute Gasteiger partial charge is 0.356 e. The summed E-state index contributed by atoms with van der Waals surface area (Å²) in [6.45, 7) is 1.35. The van der Waals surface area contributed by atoms with Gasteiger partial charge in [-0.15, -0.1) is 0 Å². The molecule has 0 spiro atoms. The molecular weight excluding hydrogens is 519 g/mol. The number of aromatic carboxylic acids is 1. The summed E-state index contributed by atoms with van der Waals surface area (Å²) >= 11 is 12.1. The summed E-state index contributed by atoms with van der Waals surface area (Å²) in [4.78, 5) is 50.5. The molecule has 0 aliphatic rings. The lowest BCUT2D eigenvalue weighted by Gasteiger charge is -2.19. The van der Waals surface area contributed by atoms with Crippen LogP contribution in [0.25, 0.3) is 21.9 Å². The van der Waals surface area contributed by atoms with E-state index < -0.39 is 29.5 Å². The Bertz CT molecular complexity index is 1610. The number of carboxylic acid groups (broad SMARTS) is 1. The van der Waals surface area contributed by atoms with Gasteiger partial charge in [0, 0.05) is 23.0 Å². The van der Waals surface area contributed by atoms with E-state index in [1.807, 2.05) is 0 Å². The van der Waals surface area contributed by atoms with E-state index in [1.165, 1.54) is 36.7 Å². The molecule has 0 aliphatic heterocycles. The number of fused-ring (bicyclic) bond motifs is 1. The van der Waals surface area contributed by atoms with Crippen molar-refractivity contribution < 1.29 is 24.2 Å². The number of aromatic nitrogens is 1. The Balaban J connectivity index is 1.71. The summed E-state index contributed by atoms with van der Waals surface area (Å²) in [7, 11) is 1.45. The van der Waals surface area contributed by atoms with Crippen LogP contribution >= 0.6 is 23.2 Å². The molecule has 1 atom stereocenters. The third-order valence-electron chi connectivity index (χ3n) is 5.75.